The van der Waals surface area contributed by atoms with Gasteiger partial charge in [-0.2, -0.15) is 0 Å². The van der Waals surface area contributed by atoms with Gasteiger partial charge in [0.25, 0.3) is 0 Å². The molecule has 3 rings (SSSR count). The second-order valence-electron chi connectivity index (χ2n) is 5.40. The molecule has 0 saturated carbocycles. The van der Waals surface area contributed by atoms with E-state index >= 15 is 0 Å². The van der Waals surface area contributed by atoms with Crippen molar-refractivity contribution in [2.45, 2.75) is 43.5 Å². The number of aromatic nitrogens is 3. The molecule has 0 unspecified atom stereocenters. The van der Waals surface area contributed by atoms with Crippen LogP contribution < -0.4 is 4.90 Å². The third-order valence-corrected chi connectivity index (χ3v) is 4.80. The van der Waals surface area contributed by atoms with Crippen LogP contribution in [0.4, 0.5) is 5.69 Å². The van der Waals surface area contributed by atoms with E-state index < -0.39 is 0 Å². The zero-order valence-corrected chi connectivity index (χ0v) is 13.7. The van der Waals surface area contributed by atoms with Crippen LogP contribution in [0.15, 0.2) is 29.4 Å². The minimum absolute atomic E-state index is 0.125. The summed E-state index contributed by atoms with van der Waals surface area (Å²) >= 11 is 1.41. The first-order valence-corrected chi connectivity index (χ1v) is 8.54. The minimum atomic E-state index is -0.202. The van der Waals surface area contributed by atoms with Gasteiger partial charge >= 0.3 is 0 Å². The van der Waals surface area contributed by atoms with E-state index in [-0.39, 0.29) is 11.2 Å². The van der Waals surface area contributed by atoms with Crippen molar-refractivity contribution in [2.24, 2.45) is 0 Å². The fourth-order valence-electron chi connectivity index (χ4n) is 2.68. The van der Waals surface area contributed by atoms with Gasteiger partial charge in [-0.25, -0.2) is 4.98 Å². The molecule has 1 amide bonds. The molecule has 0 bridgehead atoms. The minimum Gasteiger partial charge on any atom is -0.311 e. The van der Waals surface area contributed by atoms with Gasteiger partial charge in [-0.3, -0.25) is 9.89 Å². The van der Waals surface area contributed by atoms with Crippen molar-refractivity contribution in [1.29, 1.82) is 0 Å². The largest absolute Gasteiger partial charge is 0.311 e. The van der Waals surface area contributed by atoms with Crippen molar-refractivity contribution >= 4 is 23.4 Å². The monoisotopic (exact) mass is 316 g/mol. The summed E-state index contributed by atoms with van der Waals surface area (Å²) in [5.74, 6) is 0.977. The highest BCUT2D eigenvalue weighted by atomic mass is 32.2. The van der Waals surface area contributed by atoms with Crippen LogP contribution in [0.5, 0.6) is 0 Å². The molecule has 2 heterocycles. The molecule has 6 heteroatoms. The number of carbonyl (C=O) groups is 1. The first kappa shape index (κ1) is 15.1. The van der Waals surface area contributed by atoms with Crippen molar-refractivity contribution in [2.75, 3.05) is 11.4 Å². The van der Waals surface area contributed by atoms with Gasteiger partial charge in [0, 0.05) is 18.7 Å². The predicted octanol–water partition coefficient (Wildman–Crippen LogP) is 2.83. The average molecular weight is 316 g/mol. The maximum atomic E-state index is 12.8. The third kappa shape index (κ3) is 3.02. The van der Waals surface area contributed by atoms with Gasteiger partial charge < -0.3 is 4.90 Å². The summed E-state index contributed by atoms with van der Waals surface area (Å²) in [6.07, 6.45) is 2.87. The lowest BCUT2D eigenvalue weighted by Gasteiger charge is -2.31. The summed E-state index contributed by atoms with van der Waals surface area (Å²) in [6, 6.07) is 8.16. The Hall–Kier alpha value is -1.82. The number of hydrogen-bond acceptors (Lipinski definition) is 4. The van der Waals surface area contributed by atoms with Crippen LogP contribution in [-0.2, 0) is 17.6 Å². The van der Waals surface area contributed by atoms with Gasteiger partial charge in [-0.05, 0) is 31.4 Å². The van der Waals surface area contributed by atoms with Crippen molar-refractivity contribution in [3.63, 3.8) is 0 Å². The number of benzene rings is 1. The van der Waals surface area contributed by atoms with Crippen molar-refractivity contribution < 1.29 is 4.79 Å². The highest BCUT2D eigenvalue weighted by molar-refractivity contribution is 8.00. The molecule has 1 aromatic heterocycles. The van der Waals surface area contributed by atoms with Crippen LogP contribution in [-0.4, -0.2) is 32.9 Å². The first-order valence-electron chi connectivity index (χ1n) is 7.66. The second-order valence-corrected chi connectivity index (χ2v) is 6.71. The number of aryl methyl sites for hydroxylation is 2. The number of aromatic amines is 1. The van der Waals surface area contributed by atoms with Gasteiger partial charge in [0.05, 0.1) is 5.25 Å². The van der Waals surface area contributed by atoms with Gasteiger partial charge in [0.1, 0.15) is 5.82 Å². The van der Waals surface area contributed by atoms with E-state index in [1.807, 2.05) is 36.9 Å². The van der Waals surface area contributed by atoms with Crippen molar-refractivity contribution in [3.8, 4) is 0 Å². The molecular weight excluding hydrogens is 296 g/mol. The number of amides is 1. The average Bonchev–Trinajstić information content (AvgIpc) is 3.01. The van der Waals surface area contributed by atoms with Gasteiger partial charge in [0.15, 0.2) is 0 Å². The van der Waals surface area contributed by atoms with E-state index in [1.54, 1.807) is 0 Å². The number of rotatable bonds is 4. The number of H-pyrrole nitrogens is 1. The first-order chi connectivity index (χ1) is 10.7. The van der Waals surface area contributed by atoms with Crippen LogP contribution in [0.2, 0.25) is 0 Å². The fraction of sp³-hybridized carbons (Fsp3) is 0.438. The Kier molecular flexibility index (Phi) is 4.47. The molecule has 0 aliphatic carbocycles. The maximum Gasteiger partial charge on any atom is 0.240 e. The Morgan fingerprint density at radius 2 is 2.27 bits per heavy atom. The number of nitrogens with one attached hydrogen (secondary N) is 1. The van der Waals surface area contributed by atoms with Gasteiger partial charge in [-0.15, -0.1) is 5.10 Å². The molecule has 0 fully saturated rings. The molecule has 0 spiro atoms. The standard InChI is InChI=1S/C16H20N4OS/c1-3-14-17-16(19-18-14)22-11(2)15(21)20-10-6-8-12-7-4-5-9-13(12)20/h4-5,7,9,11H,3,6,8,10H2,1-2H3,(H,17,18,19)/t11-/m1/s1. The molecule has 1 aliphatic rings. The Balaban J connectivity index is 1.73. The van der Waals surface area contributed by atoms with Crippen LogP contribution >= 0.6 is 11.8 Å². The SMILES string of the molecule is CCc1nc(S[C@H](C)C(=O)N2CCCc3ccccc32)n[nH]1. The smallest absolute Gasteiger partial charge is 0.240 e. The Morgan fingerprint density at radius 1 is 1.45 bits per heavy atom. The normalized spacial score (nSPS) is 15.5. The predicted molar refractivity (Wildman–Crippen MR) is 88.2 cm³/mol. The van der Waals surface area contributed by atoms with Gasteiger partial charge in [-0.1, -0.05) is 36.9 Å². The quantitative estimate of drug-likeness (QED) is 0.881. The second kappa shape index (κ2) is 6.52. The third-order valence-electron chi connectivity index (χ3n) is 3.85. The van der Waals surface area contributed by atoms with Crippen LogP contribution in [0.25, 0.3) is 0 Å². The van der Waals surface area contributed by atoms with E-state index in [1.165, 1.54) is 17.3 Å². The number of fused-ring (bicyclic) bond motifs is 1. The molecule has 1 aromatic carbocycles. The number of nitrogens with zero attached hydrogens (tertiary/aromatic N) is 3. The molecule has 5 nitrogen and oxygen atoms in total. The number of anilines is 1. The zero-order valence-electron chi connectivity index (χ0n) is 12.9. The highest BCUT2D eigenvalue weighted by Gasteiger charge is 2.27. The summed E-state index contributed by atoms with van der Waals surface area (Å²) in [6.45, 7) is 4.73. The molecule has 1 aliphatic heterocycles. The molecule has 2 aromatic rings. The summed E-state index contributed by atoms with van der Waals surface area (Å²) in [5.41, 5.74) is 2.31. The Morgan fingerprint density at radius 3 is 3.05 bits per heavy atom. The summed E-state index contributed by atoms with van der Waals surface area (Å²) in [5, 5.41) is 7.48. The molecule has 0 radical (unpaired) electrons. The number of carbonyl (C=O) groups excluding carboxylic acids is 1. The van der Waals surface area contributed by atoms with E-state index in [0.717, 1.165) is 37.3 Å². The van der Waals surface area contributed by atoms with E-state index in [2.05, 4.69) is 21.2 Å². The molecular formula is C16H20N4OS. The lowest BCUT2D eigenvalue weighted by molar-refractivity contribution is -0.117. The van der Waals surface area contributed by atoms with E-state index in [9.17, 15) is 4.79 Å². The Labute approximate surface area is 134 Å². The molecule has 1 N–H and O–H groups in total. The molecule has 116 valence electrons. The Bertz CT molecular complexity index is 670. The topological polar surface area (TPSA) is 61.9 Å². The van der Waals surface area contributed by atoms with Crippen molar-refractivity contribution in [3.05, 3.63) is 35.7 Å². The van der Waals surface area contributed by atoms with Crippen LogP contribution in [0.1, 0.15) is 31.7 Å². The van der Waals surface area contributed by atoms with Crippen molar-refractivity contribution in [1.82, 2.24) is 15.2 Å². The number of para-hydroxylation sites is 1. The molecule has 1 atom stereocenters. The molecule has 22 heavy (non-hydrogen) atoms. The summed E-state index contributed by atoms with van der Waals surface area (Å²) in [4.78, 5) is 19.1. The lowest BCUT2D eigenvalue weighted by atomic mass is 10.0. The number of thioether (sulfide) groups is 1. The van der Waals surface area contributed by atoms with E-state index in [0.29, 0.717) is 5.16 Å². The van der Waals surface area contributed by atoms with Crippen LogP contribution in [0.3, 0.4) is 0 Å². The van der Waals surface area contributed by atoms with Gasteiger partial charge in [0.2, 0.25) is 11.1 Å². The highest BCUT2D eigenvalue weighted by Crippen LogP contribution is 2.30. The lowest BCUT2D eigenvalue weighted by Crippen LogP contribution is -2.40. The number of hydrogen-bond donors (Lipinski definition) is 1. The summed E-state index contributed by atoms with van der Waals surface area (Å²) < 4.78 is 0. The van der Waals surface area contributed by atoms with E-state index in [4.69, 9.17) is 0 Å². The summed E-state index contributed by atoms with van der Waals surface area (Å²) in [7, 11) is 0. The maximum absolute atomic E-state index is 12.8. The zero-order chi connectivity index (χ0) is 15.5. The van der Waals surface area contributed by atoms with Crippen LogP contribution in [0, 0.1) is 0 Å². The fourth-order valence-corrected chi connectivity index (χ4v) is 3.48. The molecule has 0 saturated heterocycles.